The van der Waals surface area contributed by atoms with E-state index in [1.54, 1.807) is 25.1 Å². The Labute approximate surface area is 257 Å². The zero-order valence-electron chi connectivity index (χ0n) is 25.2. The average Bonchev–Trinajstić information content (AvgIpc) is 3.00. The highest BCUT2D eigenvalue weighted by molar-refractivity contribution is 5.72. The first-order valence-corrected chi connectivity index (χ1v) is 15.1. The molecule has 0 aliphatic heterocycles. The molecular weight excluding hydrogens is 556 g/mol. The molecule has 0 bridgehead atoms. The number of hydrogen-bond acceptors (Lipinski definition) is 0. The van der Waals surface area contributed by atoms with Crippen molar-refractivity contribution in [2.45, 2.75) is 52.9 Å². The molecule has 0 saturated heterocycles. The zero-order chi connectivity index (χ0) is 31.2. The van der Waals surface area contributed by atoms with E-state index in [9.17, 15) is 13.2 Å². The molecule has 0 spiro atoms. The summed E-state index contributed by atoms with van der Waals surface area (Å²) in [5, 5.41) is 0. The summed E-state index contributed by atoms with van der Waals surface area (Å²) in [6, 6.07) is 25.2. The van der Waals surface area contributed by atoms with E-state index in [4.69, 9.17) is 0 Å². The summed E-state index contributed by atoms with van der Waals surface area (Å²) in [6.07, 6.45) is 4.59. The molecule has 0 heterocycles. The van der Waals surface area contributed by atoms with Gasteiger partial charge in [-0.2, -0.15) is 0 Å². The Morgan fingerprint density at radius 2 is 1.09 bits per heavy atom. The van der Waals surface area contributed by atoms with Gasteiger partial charge in [0.25, 0.3) is 0 Å². The van der Waals surface area contributed by atoms with Crippen molar-refractivity contribution in [1.29, 1.82) is 0 Å². The van der Waals surface area contributed by atoms with Gasteiger partial charge in [0.2, 0.25) is 0 Å². The normalized spacial score (nSPS) is 10.9. The van der Waals surface area contributed by atoms with Crippen molar-refractivity contribution in [3.63, 3.8) is 0 Å². The largest absolute Gasteiger partial charge is 0.206 e. The summed E-state index contributed by atoms with van der Waals surface area (Å²) in [4.78, 5) is 0. The minimum atomic E-state index is -0.595. The Hall–Kier alpha value is -4.62. The molecule has 0 nitrogen and oxygen atoms in total. The van der Waals surface area contributed by atoms with Crippen LogP contribution < -0.4 is 0 Å². The molecule has 0 aliphatic rings. The van der Waals surface area contributed by atoms with E-state index in [2.05, 4.69) is 18.8 Å². The third kappa shape index (κ3) is 6.95. The maximum absolute atomic E-state index is 15.3. The molecule has 0 radical (unpaired) electrons. The van der Waals surface area contributed by atoms with Gasteiger partial charge in [0, 0.05) is 22.3 Å². The van der Waals surface area contributed by atoms with Crippen LogP contribution in [0.15, 0.2) is 91.0 Å². The lowest BCUT2D eigenvalue weighted by atomic mass is 9.96. The van der Waals surface area contributed by atoms with Gasteiger partial charge < -0.3 is 0 Å². The molecule has 5 aromatic carbocycles. The molecule has 5 rings (SSSR count). The lowest BCUT2D eigenvalue weighted by molar-refractivity contribution is 0.614. The monoisotopic (exact) mass is 590 g/mol. The summed E-state index contributed by atoms with van der Waals surface area (Å²) < 4.78 is 59.7. The van der Waals surface area contributed by atoms with Gasteiger partial charge in [-0.25, -0.2) is 17.6 Å². The molecule has 5 aromatic rings. The standard InChI is InChI=1S/C40H34F4/c1-4-6-8-28-10-18-34(37(41)23-28)31-15-13-30(14-16-31)32-21-26(3)33(40(44)25-32)17-9-29-12-20-36(39(43)24-29)35-19-11-27(7-5-2)22-38(35)42/h10-16,18-25H,4-8H2,1-3H3. The van der Waals surface area contributed by atoms with Crippen LogP contribution in [0.2, 0.25) is 0 Å². The highest BCUT2D eigenvalue weighted by atomic mass is 19.1. The van der Waals surface area contributed by atoms with E-state index < -0.39 is 17.5 Å². The smallest absolute Gasteiger partial charge is 0.139 e. The topological polar surface area (TPSA) is 0 Å². The van der Waals surface area contributed by atoms with Gasteiger partial charge in [-0.05, 0) is 96.0 Å². The predicted octanol–water partition coefficient (Wildman–Crippen LogP) is 11.2. The molecule has 0 unspecified atom stereocenters. The van der Waals surface area contributed by atoms with Gasteiger partial charge in [0.1, 0.15) is 23.3 Å². The van der Waals surface area contributed by atoms with Gasteiger partial charge in [-0.15, -0.1) is 0 Å². The van der Waals surface area contributed by atoms with Gasteiger partial charge in [0.15, 0.2) is 0 Å². The van der Waals surface area contributed by atoms with Crippen LogP contribution in [0.4, 0.5) is 17.6 Å². The van der Waals surface area contributed by atoms with E-state index in [1.807, 2.05) is 55.5 Å². The number of benzene rings is 5. The fourth-order valence-corrected chi connectivity index (χ4v) is 5.41. The maximum Gasteiger partial charge on any atom is 0.139 e. The number of hydrogen-bond donors (Lipinski definition) is 0. The Morgan fingerprint density at radius 3 is 1.68 bits per heavy atom. The molecule has 44 heavy (non-hydrogen) atoms. The van der Waals surface area contributed by atoms with E-state index >= 15 is 4.39 Å². The second-order valence-electron chi connectivity index (χ2n) is 11.2. The lowest BCUT2D eigenvalue weighted by Crippen LogP contribution is -1.93. The molecule has 0 atom stereocenters. The van der Waals surface area contributed by atoms with E-state index in [-0.39, 0.29) is 22.5 Å². The summed E-state index contributed by atoms with van der Waals surface area (Å²) in [6.45, 7) is 5.90. The summed E-state index contributed by atoms with van der Waals surface area (Å²) >= 11 is 0. The Balaban J connectivity index is 1.34. The first kappa shape index (κ1) is 30.8. The predicted molar refractivity (Wildman–Crippen MR) is 172 cm³/mol. The third-order valence-corrected chi connectivity index (χ3v) is 7.83. The van der Waals surface area contributed by atoms with Crippen LogP contribution in [0.5, 0.6) is 0 Å². The number of rotatable bonds is 8. The molecule has 4 heteroatoms. The molecule has 0 amide bonds. The van der Waals surface area contributed by atoms with Crippen LogP contribution in [0.1, 0.15) is 60.9 Å². The number of unbranched alkanes of at least 4 members (excludes halogenated alkanes) is 1. The van der Waals surface area contributed by atoms with Crippen molar-refractivity contribution in [2.24, 2.45) is 0 Å². The fraction of sp³-hybridized carbons (Fsp3) is 0.200. The third-order valence-electron chi connectivity index (χ3n) is 7.83. The van der Waals surface area contributed by atoms with Crippen molar-refractivity contribution >= 4 is 0 Å². The minimum absolute atomic E-state index is 0.153. The minimum Gasteiger partial charge on any atom is -0.206 e. The highest BCUT2D eigenvalue weighted by Crippen LogP contribution is 2.30. The first-order chi connectivity index (χ1) is 21.3. The Bertz CT molecular complexity index is 1830. The van der Waals surface area contributed by atoms with Crippen LogP contribution in [-0.2, 0) is 12.8 Å². The Morgan fingerprint density at radius 1 is 0.500 bits per heavy atom. The summed E-state index contributed by atoms with van der Waals surface area (Å²) in [5.41, 5.74) is 6.18. The second kappa shape index (κ2) is 13.8. The van der Waals surface area contributed by atoms with Crippen LogP contribution >= 0.6 is 0 Å². The van der Waals surface area contributed by atoms with Crippen LogP contribution in [0, 0.1) is 42.0 Å². The molecular formula is C40H34F4. The molecule has 0 N–H and O–H groups in total. The van der Waals surface area contributed by atoms with Crippen LogP contribution in [0.25, 0.3) is 33.4 Å². The fourth-order valence-electron chi connectivity index (χ4n) is 5.41. The number of aryl methyl sites for hydroxylation is 3. The van der Waals surface area contributed by atoms with Crippen molar-refractivity contribution in [1.82, 2.24) is 0 Å². The zero-order valence-corrected chi connectivity index (χ0v) is 25.2. The second-order valence-corrected chi connectivity index (χ2v) is 11.2. The quantitative estimate of drug-likeness (QED) is 0.125. The number of halogens is 4. The molecule has 0 aliphatic carbocycles. The molecule has 0 aromatic heterocycles. The molecule has 222 valence electrons. The van der Waals surface area contributed by atoms with Crippen LogP contribution in [0.3, 0.4) is 0 Å². The summed E-state index contributed by atoms with van der Waals surface area (Å²) in [7, 11) is 0. The van der Waals surface area contributed by atoms with Crippen molar-refractivity contribution in [3.8, 4) is 45.2 Å². The first-order valence-electron chi connectivity index (χ1n) is 15.1. The lowest BCUT2D eigenvalue weighted by Gasteiger charge is -2.10. The summed E-state index contributed by atoms with van der Waals surface area (Å²) in [5.74, 6) is 3.89. The van der Waals surface area contributed by atoms with Gasteiger partial charge in [-0.1, -0.05) is 93.1 Å². The Kier molecular flexibility index (Phi) is 9.65. The molecule has 0 saturated carbocycles. The average molecular weight is 591 g/mol. The van der Waals surface area contributed by atoms with Crippen molar-refractivity contribution in [2.75, 3.05) is 0 Å². The van der Waals surface area contributed by atoms with Crippen LogP contribution in [-0.4, -0.2) is 0 Å². The van der Waals surface area contributed by atoms with Gasteiger partial charge in [-0.3, -0.25) is 0 Å². The van der Waals surface area contributed by atoms with Gasteiger partial charge >= 0.3 is 0 Å². The van der Waals surface area contributed by atoms with Crippen molar-refractivity contribution < 1.29 is 17.6 Å². The van der Waals surface area contributed by atoms with Crippen molar-refractivity contribution in [3.05, 3.63) is 142 Å². The van der Waals surface area contributed by atoms with E-state index in [0.29, 0.717) is 22.3 Å². The molecule has 0 fully saturated rings. The van der Waals surface area contributed by atoms with E-state index in [1.165, 1.54) is 24.3 Å². The maximum atomic E-state index is 15.3. The van der Waals surface area contributed by atoms with Gasteiger partial charge in [0.05, 0.1) is 5.56 Å². The van der Waals surface area contributed by atoms with E-state index in [0.717, 1.165) is 54.4 Å². The SMILES string of the molecule is CCCCc1ccc(-c2ccc(-c3cc(C)c(C#Cc4ccc(-c5ccc(CCC)cc5F)c(F)c4)c(F)c3)cc2)c(F)c1. The highest BCUT2D eigenvalue weighted by Gasteiger charge is 2.13.